The molecule has 0 atom stereocenters. The summed E-state index contributed by atoms with van der Waals surface area (Å²) in [5, 5.41) is 6.47. The first-order valence-electron chi connectivity index (χ1n) is 7.41. The Morgan fingerprint density at radius 1 is 1.08 bits per heavy atom. The minimum Gasteiger partial charge on any atom is -0.354 e. The van der Waals surface area contributed by atoms with Crippen molar-refractivity contribution in [1.29, 1.82) is 0 Å². The van der Waals surface area contributed by atoms with Crippen molar-refractivity contribution in [2.45, 2.75) is 6.92 Å². The van der Waals surface area contributed by atoms with Gasteiger partial charge in [0.05, 0.1) is 11.4 Å². The van der Waals surface area contributed by atoms with Crippen molar-refractivity contribution in [3.63, 3.8) is 0 Å². The van der Waals surface area contributed by atoms with Crippen LogP contribution in [0, 0.1) is 5.82 Å². The summed E-state index contributed by atoms with van der Waals surface area (Å²) in [6.07, 6.45) is 3.38. The van der Waals surface area contributed by atoms with Gasteiger partial charge in [-0.2, -0.15) is 4.98 Å². The second-order valence-electron chi connectivity index (χ2n) is 4.98. The van der Waals surface area contributed by atoms with Crippen LogP contribution in [0.5, 0.6) is 0 Å². The molecular weight excluding hydrogens is 329 g/mol. The number of hydrogen-bond acceptors (Lipinski definition) is 5. The predicted octanol–water partition coefficient (Wildman–Crippen LogP) is 4.51. The van der Waals surface area contributed by atoms with Gasteiger partial charge in [-0.25, -0.2) is 9.37 Å². The van der Waals surface area contributed by atoms with Crippen LogP contribution in [-0.2, 0) is 0 Å². The van der Waals surface area contributed by atoms with Gasteiger partial charge in [0, 0.05) is 35.6 Å². The topological polar surface area (TPSA) is 62.7 Å². The molecule has 0 spiro atoms. The van der Waals surface area contributed by atoms with E-state index in [0.29, 0.717) is 29.0 Å². The molecule has 0 unspecified atom stereocenters. The Labute approximate surface area is 144 Å². The molecule has 2 N–H and O–H groups in total. The standard InChI is InChI=1S/C17H15ClFN5/c1-2-21-17-23-14(11-5-7-20-8-6-11)10-16(24-17)22-15-9-12(18)3-4-13(15)19/h3-10H,2H2,1H3,(H2,21,22,23,24). The van der Waals surface area contributed by atoms with Crippen LogP contribution < -0.4 is 10.6 Å². The number of halogens is 2. The van der Waals surface area contributed by atoms with Gasteiger partial charge in [0.2, 0.25) is 5.95 Å². The van der Waals surface area contributed by atoms with Gasteiger partial charge in [-0.05, 0) is 37.3 Å². The average molecular weight is 344 g/mol. The van der Waals surface area contributed by atoms with E-state index in [1.54, 1.807) is 18.5 Å². The van der Waals surface area contributed by atoms with E-state index in [0.717, 1.165) is 5.56 Å². The van der Waals surface area contributed by atoms with Gasteiger partial charge in [0.1, 0.15) is 11.6 Å². The number of hydrogen-bond donors (Lipinski definition) is 2. The smallest absolute Gasteiger partial charge is 0.225 e. The molecule has 0 aliphatic heterocycles. The fraction of sp³-hybridized carbons (Fsp3) is 0.118. The van der Waals surface area contributed by atoms with Crippen LogP contribution in [-0.4, -0.2) is 21.5 Å². The molecule has 7 heteroatoms. The molecule has 0 saturated carbocycles. The number of aromatic nitrogens is 3. The Balaban J connectivity index is 2.00. The molecule has 0 aliphatic carbocycles. The fourth-order valence-electron chi connectivity index (χ4n) is 2.15. The minimum atomic E-state index is -0.409. The van der Waals surface area contributed by atoms with Crippen molar-refractivity contribution in [1.82, 2.24) is 15.0 Å². The SMILES string of the molecule is CCNc1nc(Nc2cc(Cl)ccc2F)cc(-c2ccncc2)n1. The van der Waals surface area contributed by atoms with Gasteiger partial charge < -0.3 is 10.6 Å². The van der Waals surface area contributed by atoms with Crippen molar-refractivity contribution in [2.24, 2.45) is 0 Å². The lowest BCUT2D eigenvalue weighted by molar-refractivity contribution is 0.632. The predicted molar refractivity (Wildman–Crippen MR) is 94.1 cm³/mol. The Morgan fingerprint density at radius 2 is 1.88 bits per heavy atom. The molecular formula is C17H15ClFN5. The Kier molecular flexibility index (Phi) is 4.86. The Hall–Kier alpha value is -2.73. The van der Waals surface area contributed by atoms with Crippen molar-refractivity contribution < 1.29 is 4.39 Å². The zero-order valence-electron chi connectivity index (χ0n) is 12.9. The van der Waals surface area contributed by atoms with Gasteiger partial charge in [-0.3, -0.25) is 4.98 Å². The van der Waals surface area contributed by atoms with Gasteiger partial charge >= 0.3 is 0 Å². The quantitative estimate of drug-likeness (QED) is 0.713. The Bertz CT molecular complexity index is 842. The molecule has 0 aliphatic rings. The highest BCUT2D eigenvalue weighted by atomic mass is 35.5. The zero-order valence-corrected chi connectivity index (χ0v) is 13.7. The first kappa shape index (κ1) is 16.1. The van der Waals surface area contributed by atoms with Crippen LogP contribution >= 0.6 is 11.6 Å². The van der Waals surface area contributed by atoms with Crippen molar-refractivity contribution in [2.75, 3.05) is 17.2 Å². The number of rotatable bonds is 5. The third kappa shape index (κ3) is 3.78. The maximum absolute atomic E-state index is 13.9. The van der Waals surface area contributed by atoms with E-state index >= 15 is 0 Å². The second-order valence-corrected chi connectivity index (χ2v) is 5.41. The van der Waals surface area contributed by atoms with Crippen LogP contribution in [0.1, 0.15) is 6.92 Å². The van der Waals surface area contributed by atoms with E-state index in [2.05, 4.69) is 25.6 Å². The van der Waals surface area contributed by atoms with Gasteiger partial charge in [0.25, 0.3) is 0 Å². The van der Waals surface area contributed by atoms with Crippen molar-refractivity contribution in [3.05, 3.63) is 59.6 Å². The molecule has 0 amide bonds. The van der Waals surface area contributed by atoms with Crippen LogP contribution in [0.4, 0.5) is 21.8 Å². The van der Waals surface area contributed by atoms with Gasteiger partial charge in [0.15, 0.2) is 0 Å². The summed E-state index contributed by atoms with van der Waals surface area (Å²) in [4.78, 5) is 12.8. The van der Waals surface area contributed by atoms with E-state index in [1.165, 1.54) is 18.2 Å². The summed E-state index contributed by atoms with van der Waals surface area (Å²) in [5.41, 5.74) is 1.85. The summed E-state index contributed by atoms with van der Waals surface area (Å²) in [5.74, 6) is 0.513. The molecule has 1 aromatic carbocycles. The summed E-state index contributed by atoms with van der Waals surface area (Å²) >= 11 is 5.93. The number of nitrogens with zero attached hydrogens (tertiary/aromatic N) is 3. The van der Waals surface area contributed by atoms with Crippen LogP contribution in [0.3, 0.4) is 0 Å². The zero-order chi connectivity index (χ0) is 16.9. The molecule has 122 valence electrons. The first-order valence-corrected chi connectivity index (χ1v) is 7.79. The maximum atomic E-state index is 13.9. The number of nitrogens with one attached hydrogen (secondary N) is 2. The molecule has 2 aromatic heterocycles. The highest BCUT2D eigenvalue weighted by Crippen LogP contribution is 2.26. The van der Waals surface area contributed by atoms with E-state index in [-0.39, 0.29) is 5.69 Å². The monoisotopic (exact) mass is 343 g/mol. The number of benzene rings is 1. The lowest BCUT2D eigenvalue weighted by Gasteiger charge is -2.11. The first-order chi connectivity index (χ1) is 11.7. The number of pyridine rings is 1. The molecule has 0 radical (unpaired) electrons. The summed E-state index contributed by atoms with van der Waals surface area (Å²) < 4.78 is 13.9. The highest BCUT2D eigenvalue weighted by molar-refractivity contribution is 6.30. The summed E-state index contributed by atoms with van der Waals surface area (Å²) in [6, 6.07) is 9.76. The number of anilines is 3. The van der Waals surface area contributed by atoms with E-state index < -0.39 is 5.82 Å². The van der Waals surface area contributed by atoms with Crippen LogP contribution in [0.2, 0.25) is 5.02 Å². The van der Waals surface area contributed by atoms with Gasteiger partial charge in [-0.1, -0.05) is 11.6 Å². The maximum Gasteiger partial charge on any atom is 0.225 e. The largest absolute Gasteiger partial charge is 0.354 e. The van der Waals surface area contributed by atoms with Crippen molar-refractivity contribution >= 4 is 29.1 Å². The van der Waals surface area contributed by atoms with E-state index in [4.69, 9.17) is 11.6 Å². The third-order valence-corrected chi connectivity index (χ3v) is 3.46. The van der Waals surface area contributed by atoms with Crippen molar-refractivity contribution in [3.8, 4) is 11.3 Å². The third-order valence-electron chi connectivity index (χ3n) is 3.23. The highest BCUT2D eigenvalue weighted by Gasteiger charge is 2.09. The fourth-order valence-corrected chi connectivity index (χ4v) is 2.32. The molecule has 3 aromatic rings. The summed E-state index contributed by atoms with van der Waals surface area (Å²) in [6.45, 7) is 2.62. The minimum absolute atomic E-state index is 0.254. The molecule has 24 heavy (non-hydrogen) atoms. The molecule has 0 bridgehead atoms. The van der Waals surface area contributed by atoms with E-state index in [9.17, 15) is 4.39 Å². The molecule has 3 rings (SSSR count). The van der Waals surface area contributed by atoms with Gasteiger partial charge in [-0.15, -0.1) is 0 Å². The average Bonchev–Trinajstić information content (AvgIpc) is 2.59. The van der Waals surface area contributed by atoms with E-state index in [1.807, 2.05) is 19.1 Å². The Morgan fingerprint density at radius 3 is 2.62 bits per heavy atom. The van der Waals surface area contributed by atoms with Crippen LogP contribution in [0.15, 0.2) is 48.8 Å². The lowest BCUT2D eigenvalue weighted by Crippen LogP contribution is -2.06. The molecule has 2 heterocycles. The molecule has 0 saturated heterocycles. The molecule has 5 nitrogen and oxygen atoms in total. The normalized spacial score (nSPS) is 10.5. The van der Waals surface area contributed by atoms with Crippen LogP contribution in [0.25, 0.3) is 11.3 Å². The lowest BCUT2D eigenvalue weighted by atomic mass is 10.2. The second kappa shape index (κ2) is 7.23. The summed E-state index contributed by atoms with van der Waals surface area (Å²) in [7, 11) is 0. The molecule has 0 fully saturated rings.